The largest absolute Gasteiger partial charge is 0.296 e. The van der Waals surface area contributed by atoms with Gasteiger partial charge in [0.2, 0.25) is 0 Å². The Morgan fingerprint density at radius 2 is 2.27 bits per heavy atom. The summed E-state index contributed by atoms with van der Waals surface area (Å²) >= 11 is 5.67. The maximum atomic E-state index is 10.8. The molecule has 1 heterocycles. The van der Waals surface area contributed by atoms with Crippen LogP contribution in [0.5, 0.6) is 0 Å². The number of hydrogen-bond donors (Lipinski definition) is 0. The summed E-state index contributed by atoms with van der Waals surface area (Å²) in [6.07, 6.45) is 2.69. The average Bonchev–Trinajstić information content (AvgIpc) is 2.70. The third-order valence-corrected chi connectivity index (χ3v) is 2.03. The van der Waals surface area contributed by atoms with Crippen molar-refractivity contribution < 1.29 is 4.92 Å². The highest BCUT2D eigenvalue weighted by molar-refractivity contribution is 6.30. The fourth-order valence-electron chi connectivity index (χ4n) is 1.17. The normalized spacial score (nSPS) is 10.2. The van der Waals surface area contributed by atoms with Gasteiger partial charge in [-0.25, -0.2) is 9.67 Å². The van der Waals surface area contributed by atoms with Crippen LogP contribution in [0.3, 0.4) is 0 Å². The van der Waals surface area contributed by atoms with Gasteiger partial charge in [-0.05, 0) is 12.1 Å². The smallest absolute Gasteiger partial charge is 0.258 e. The second kappa shape index (κ2) is 3.66. The molecule has 0 fully saturated rings. The van der Waals surface area contributed by atoms with Crippen molar-refractivity contribution in [1.82, 2.24) is 14.8 Å². The van der Waals surface area contributed by atoms with Crippen LogP contribution in [0.15, 0.2) is 30.9 Å². The molecule has 0 N–H and O–H groups in total. The third kappa shape index (κ3) is 1.79. The van der Waals surface area contributed by atoms with E-state index in [0.29, 0.717) is 10.7 Å². The Hall–Kier alpha value is -1.95. The van der Waals surface area contributed by atoms with E-state index in [0.717, 1.165) is 0 Å². The van der Waals surface area contributed by atoms with Crippen molar-refractivity contribution in [2.24, 2.45) is 0 Å². The minimum Gasteiger partial charge on any atom is -0.258 e. The number of halogens is 1. The molecule has 0 aliphatic rings. The molecule has 0 radical (unpaired) electrons. The molecule has 0 saturated carbocycles. The summed E-state index contributed by atoms with van der Waals surface area (Å²) in [6.45, 7) is 0. The summed E-state index contributed by atoms with van der Waals surface area (Å²) in [4.78, 5) is 14.0. The van der Waals surface area contributed by atoms with E-state index in [1.54, 1.807) is 6.07 Å². The van der Waals surface area contributed by atoms with E-state index in [1.165, 1.54) is 29.5 Å². The minimum absolute atomic E-state index is 0.104. The summed E-state index contributed by atoms with van der Waals surface area (Å²) < 4.78 is 1.31. The maximum absolute atomic E-state index is 10.8. The van der Waals surface area contributed by atoms with Gasteiger partial charge in [-0.3, -0.25) is 10.1 Å². The van der Waals surface area contributed by atoms with Gasteiger partial charge in [-0.2, -0.15) is 5.10 Å². The summed E-state index contributed by atoms with van der Waals surface area (Å²) in [7, 11) is 0. The fraction of sp³-hybridized carbons (Fsp3) is 0. The summed E-state index contributed by atoms with van der Waals surface area (Å²) in [5.41, 5.74) is 0.231. The molecule has 1 aromatic carbocycles. The maximum Gasteiger partial charge on any atom is 0.296 e. The lowest BCUT2D eigenvalue weighted by molar-refractivity contribution is -0.384. The molecule has 0 aliphatic carbocycles. The van der Waals surface area contributed by atoms with Gasteiger partial charge >= 0.3 is 0 Å². The highest BCUT2D eigenvalue weighted by atomic mass is 35.5. The predicted molar refractivity (Wildman–Crippen MR) is 53.0 cm³/mol. The van der Waals surface area contributed by atoms with Crippen molar-refractivity contribution in [2.75, 3.05) is 0 Å². The van der Waals surface area contributed by atoms with Crippen molar-refractivity contribution in [1.29, 1.82) is 0 Å². The van der Waals surface area contributed by atoms with Crippen molar-refractivity contribution >= 4 is 17.3 Å². The van der Waals surface area contributed by atoms with Crippen molar-refractivity contribution in [3.8, 4) is 5.69 Å². The number of hydrogen-bond acceptors (Lipinski definition) is 4. The molecule has 0 unspecified atom stereocenters. The van der Waals surface area contributed by atoms with Crippen molar-refractivity contribution in [3.05, 3.63) is 46.0 Å². The molecule has 0 spiro atoms. The molecule has 2 aromatic rings. The molecule has 0 aliphatic heterocycles. The van der Waals surface area contributed by atoms with E-state index < -0.39 is 4.92 Å². The van der Waals surface area contributed by atoms with E-state index in [-0.39, 0.29) is 5.69 Å². The van der Waals surface area contributed by atoms with Gasteiger partial charge in [0.15, 0.2) is 0 Å². The molecule has 15 heavy (non-hydrogen) atoms. The van der Waals surface area contributed by atoms with E-state index in [4.69, 9.17) is 11.6 Å². The number of aromatic nitrogens is 3. The lowest BCUT2D eigenvalue weighted by Crippen LogP contribution is -2.00. The average molecular weight is 225 g/mol. The third-order valence-electron chi connectivity index (χ3n) is 1.80. The molecule has 2 rings (SSSR count). The van der Waals surface area contributed by atoms with Crippen LogP contribution in [0, 0.1) is 10.1 Å². The molecule has 6 nitrogen and oxygen atoms in total. The molecular formula is C8H5ClN4O2. The van der Waals surface area contributed by atoms with Crippen LogP contribution in [-0.2, 0) is 0 Å². The van der Waals surface area contributed by atoms with Gasteiger partial charge in [0.1, 0.15) is 18.3 Å². The quantitative estimate of drug-likeness (QED) is 0.576. The van der Waals surface area contributed by atoms with Crippen LogP contribution in [-0.4, -0.2) is 19.7 Å². The van der Waals surface area contributed by atoms with Gasteiger partial charge in [0.25, 0.3) is 5.69 Å². The second-order valence-electron chi connectivity index (χ2n) is 2.73. The molecule has 0 amide bonds. The first-order valence-electron chi connectivity index (χ1n) is 3.97. The van der Waals surface area contributed by atoms with Crippen LogP contribution >= 0.6 is 11.6 Å². The molecule has 0 atom stereocenters. The van der Waals surface area contributed by atoms with Crippen LogP contribution in [0.1, 0.15) is 0 Å². The molecule has 76 valence electrons. The topological polar surface area (TPSA) is 73.8 Å². The SMILES string of the molecule is O=[N+]([O-])c1cc(Cl)ccc1-n1cncn1. The Labute approximate surface area is 89.3 Å². The summed E-state index contributed by atoms with van der Waals surface area (Å²) in [5, 5.41) is 14.9. The van der Waals surface area contributed by atoms with E-state index in [9.17, 15) is 10.1 Å². The van der Waals surface area contributed by atoms with Crippen LogP contribution < -0.4 is 0 Å². The number of nitro groups is 1. The number of rotatable bonds is 2. The van der Waals surface area contributed by atoms with E-state index in [2.05, 4.69) is 10.1 Å². The number of benzene rings is 1. The highest BCUT2D eigenvalue weighted by Gasteiger charge is 2.15. The molecule has 0 saturated heterocycles. The van der Waals surface area contributed by atoms with Gasteiger partial charge < -0.3 is 0 Å². The Morgan fingerprint density at radius 3 is 2.87 bits per heavy atom. The molecular weight excluding hydrogens is 220 g/mol. The zero-order valence-corrected chi connectivity index (χ0v) is 8.13. The Morgan fingerprint density at radius 1 is 1.47 bits per heavy atom. The second-order valence-corrected chi connectivity index (χ2v) is 3.17. The monoisotopic (exact) mass is 224 g/mol. The molecule has 1 aromatic heterocycles. The lowest BCUT2D eigenvalue weighted by Gasteiger charge is -2.01. The Balaban J connectivity index is 2.61. The first-order chi connectivity index (χ1) is 7.18. The number of nitrogens with zero attached hydrogens (tertiary/aromatic N) is 4. The predicted octanol–water partition coefficient (Wildman–Crippen LogP) is 1.83. The summed E-state index contributed by atoms with van der Waals surface area (Å²) in [6, 6.07) is 4.36. The first kappa shape index (κ1) is 9.60. The Kier molecular flexibility index (Phi) is 2.34. The van der Waals surface area contributed by atoms with Crippen LogP contribution in [0.25, 0.3) is 5.69 Å². The van der Waals surface area contributed by atoms with Crippen molar-refractivity contribution in [2.45, 2.75) is 0 Å². The minimum atomic E-state index is -0.511. The highest BCUT2D eigenvalue weighted by Crippen LogP contribution is 2.25. The van der Waals surface area contributed by atoms with E-state index in [1.807, 2.05) is 0 Å². The van der Waals surface area contributed by atoms with Crippen LogP contribution in [0.4, 0.5) is 5.69 Å². The fourth-order valence-corrected chi connectivity index (χ4v) is 1.34. The lowest BCUT2D eigenvalue weighted by atomic mass is 10.3. The van der Waals surface area contributed by atoms with E-state index >= 15 is 0 Å². The Bertz CT molecular complexity index is 497. The van der Waals surface area contributed by atoms with Crippen LogP contribution in [0.2, 0.25) is 5.02 Å². The van der Waals surface area contributed by atoms with Gasteiger partial charge in [0.05, 0.1) is 4.92 Å². The van der Waals surface area contributed by atoms with Gasteiger partial charge in [0, 0.05) is 11.1 Å². The molecule has 0 bridgehead atoms. The van der Waals surface area contributed by atoms with Gasteiger partial charge in [-0.15, -0.1) is 0 Å². The first-order valence-corrected chi connectivity index (χ1v) is 4.35. The standard InChI is InChI=1S/C8H5ClN4O2/c9-6-1-2-7(8(3-6)13(14)15)12-5-10-4-11-12/h1-5H. The molecule has 7 heteroatoms. The van der Waals surface area contributed by atoms with Gasteiger partial charge in [-0.1, -0.05) is 11.6 Å². The number of nitro benzene ring substituents is 1. The summed E-state index contributed by atoms with van der Waals surface area (Å²) in [5.74, 6) is 0. The zero-order chi connectivity index (χ0) is 10.8. The van der Waals surface area contributed by atoms with Crippen molar-refractivity contribution in [3.63, 3.8) is 0 Å². The zero-order valence-electron chi connectivity index (χ0n) is 7.37.